The first-order chi connectivity index (χ1) is 10.0. The maximum Gasteiger partial charge on any atom is 0.253 e. The van der Waals surface area contributed by atoms with E-state index >= 15 is 0 Å². The summed E-state index contributed by atoms with van der Waals surface area (Å²) in [6, 6.07) is 14.8. The van der Waals surface area contributed by atoms with Crippen molar-refractivity contribution in [1.82, 2.24) is 4.98 Å². The topological polar surface area (TPSA) is 30.0 Å². The zero-order chi connectivity index (χ0) is 15.0. The lowest BCUT2D eigenvalue weighted by Crippen LogP contribution is -1.96. The van der Waals surface area contributed by atoms with E-state index in [-0.39, 0.29) is 0 Å². The lowest BCUT2D eigenvalue weighted by atomic mass is 10.0. The molecule has 0 saturated carbocycles. The molecule has 0 fully saturated rings. The van der Waals surface area contributed by atoms with Crippen LogP contribution in [-0.2, 0) is 0 Å². The van der Waals surface area contributed by atoms with Crippen molar-refractivity contribution < 1.29 is 4.79 Å². The summed E-state index contributed by atoms with van der Waals surface area (Å²) in [5.41, 5.74) is 3.86. The molecular weight excluding hydrogens is 305 g/mol. The number of nitrogens with zero attached hydrogens (tertiary/aromatic N) is 1. The van der Waals surface area contributed by atoms with Crippen LogP contribution in [0.15, 0.2) is 48.5 Å². The average Bonchev–Trinajstić information content (AvgIpc) is 2.46. The third-order valence-electron chi connectivity index (χ3n) is 3.32. The van der Waals surface area contributed by atoms with Crippen LogP contribution in [0.3, 0.4) is 0 Å². The Kier molecular flexibility index (Phi) is 3.66. The van der Waals surface area contributed by atoms with Gasteiger partial charge in [-0.05, 0) is 48.9 Å². The van der Waals surface area contributed by atoms with Gasteiger partial charge in [0.15, 0.2) is 0 Å². The van der Waals surface area contributed by atoms with E-state index in [0.717, 1.165) is 22.0 Å². The fourth-order valence-electron chi connectivity index (χ4n) is 2.27. The van der Waals surface area contributed by atoms with Gasteiger partial charge in [-0.2, -0.15) is 0 Å². The molecule has 3 rings (SSSR count). The molecule has 0 aliphatic heterocycles. The number of hydrogen-bond donors (Lipinski definition) is 0. The molecule has 3 aromatic rings. The summed E-state index contributed by atoms with van der Waals surface area (Å²) in [5.74, 6) is 0. The summed E-state index contributed by atoms with van der Waals surface area (Å²) in [7, 11) is 0. The quantitative estimate of drug-likeness (QED) is 0.605. The zero-order valence-electron chi connectivity index (χ0n) is 11.2. The molecule has 0 unspecified atom stereocenters. The molecule has 0 atom stereocenters. The molecule has 2 nitrogen and oxygen atoms in total. The summed E-state index contributed by atoms with van der Waals surface area (Å²) in [6.07, 6.45) is 0. The minimum atomic E-state index is -0.483. The number of aromatic nitrogens is 1. The molecule has 1 heterocycles. The Morgan fingerprint density at radius 1 is 1.05 bits per heavy atom. The Balaban J connectivity index is 2.28. The molecule has 0 spiro atoms. The van der Waals surface area contributed by atoms with Gasteiger partial charge < -0.3 is 0 Å². The van der Waals surface area contributed by atoms with E-state index in [0.29, 0.717) is 16.3 Å². The third-order valence-corrected chi connectivity index (χ3v) is 3.77. The first-order valence-electron chi connectivity index (χ1n) is 6.42. The first kappa shape index (κ1) is 14.1. The standard InChI is InChI=1S/C17H11Cl2NO/c1-10-2-7-15-13(8-10)14(17(19)21)9-16(20-15)11-3-5-12(18)6-4-11/h2-9H,1H3. The highest BCUT2D eigenvalue weighted by Crippen LogP contribution is 2.27. The van der Waals surface area contributed by atoms with Crippen molar-refractivity contribution in [3.05, 3.63) is 64.7 Å². The Bertz CT molecular complexity index is 841. The SMILES string of the molecule is Cc1ccc2nc(-c3ccc(Cl)cc3)cc(C(=O)Cl)c2c1. The number of carbonyl (C=O) groups is 1. The number of rotatable bonds is 2. The summed E-state index contributed by atoms with van der Waals surface area (Å²) < 4.78 is 0. The number of carbonyl (C=O) groups excluding carboxylic acids is 1. The van der Waals surface area contributed by atoms with Gasteiger partial charge in [0.1, 0.15) is 0 Å². The maximum absolute atomic E-state index is 11.7. The average molecular weight is 316 g/mol. The highest BCUT2D eigenvalue weighted by atomic mass is 35.5. The van der Waals surface area contributed by atoms with Crippen molar-refractivity contribution in [3.63, 3.8) is 0 Å². The molecule has 0 aliphatic rings. The minimum Gasteiger partial charge on any atom is -0.276 e. The van der Waals surface area contributed by atoms with Crippen LogP contribution < -0.4 is 0 Å². The van der Waals surface area contributed by atoms with Gasteiger partial charge >= 0.3 is 0 Å². The van der Waals surface area contributed by atoms with Crippen molar-refractivity contribution in [3.8, 4) is 11.3 Å². The van der Waals surface area contributed by atoms with E-state index in [1.54, 1.807) is 18.2 Å². The summed E-state index contributed by atoms with van der Waals surface area (Å²) in [4.78, 5) is 16.3. The largest absolute Gasteiger partial charge is 0.276 e. The van der Waals surface area contributed by atoms with Crippen molar-refractivity contribution in [2.75, 3.05) is 0 Å². The van der Waals surface area contributed by atoms with Gasteiger partial charge in [0.25, 0.3) is 5.24 Å². The predicted octanol–water partition coefficient (Wildman–Crippen LogP) is 5.24. The lowest BCUT2D eigenvalue weighted by Gasteiger charge is -2.08. The lowest BCUT2D eigenvalue weighted by molar-refractivity contribution is 0.108. The number of aryl methyl sites for hydroxylation is 1. The van der Waals surface area contributed by atoms with Gasteiger partial charge in [-0.15, -0.1) is 0 Å². The normalized spacial score (nSPS) is 10.8. The zero-order valence-corrected chi connectivity index (χ0v) is 12.7. The van der Waals surface area contributed by atoms with E-state index in [1.807, 2.05) is 37.3 Å². The second kappa shape index (κ2) is 5.47. The summed E-state index contributed by atoms with van der Waals surface area (Å²) in [6.45, 7) is 1.97. The molecule has 0 radical (unpaired) electrons. The fourth-order valence-corrected chi connectivity index (χ4v) is 2.55. The Morgan fingerprint density at radius 3 is 2.43 bits per heavy atom. The number of benzene rings is 2. The highest BCUT2D eigenvalue weighted by molar-refractivity contribution is 6.68. The monoisotopic (exact) mass is 315 g/mol. The highest BCUT2D eigenvalue weighted by Gasteiger charge is 2.12. The van der Waals surface area contributed by atoms with Crippen LogP contribution in [0.5, 0.6) is 0 Å². The Morgan fingerprint density at radius 2 is 1.76 bits per heavy atom. The molecule has 0 aliphatic carbocycles. The van der Waals surface area contributed by atoms with E-state index in [4.69, 9.17) is 23.2 Å². The smallest absolute Gasteiger partial charge is 0.253 e. The molecule has 21 heavy (non-hydrogen) atoms. The minimum absolute atomic E-state index is 0.468. The summed E-state index contributed by atoms with van der Waals surface area (Å²) >= 11 is 11.6. The predicted molar refractivity (Wildman–Crippen MR) is 87.1 cm³/mol. The van der Waals surface area contributed by atoms with Gasteiger partial charge in [0.2, 0.25) is 0 Å². The van der Waals surface area contributed by atoms with Crippen LogP contribution >= 0.6 is 23.2 Å². The van der Waals surface area contributed by atoms with Crippen LogP contribution in [0.25, 0.3) is 22.2 Å². The molecule has 4 heteroatoms. The van der Waals surface area contributed by atoms with Crippen molar-refractivity contribution in [2.24, 2.45) is 0 Å². The molecule has 0 N–H and O–H groups in total. The first-order valence-corrected chi connectivity index (χ1v) is 7.17. The van der Waals surface area contributed by atoms with Crippen molar-refractivity contribution >= 4 is 39.3 Å². The van der Waals surface area contributed by atoms with E-state index in [9.17, 15) is 4.79 Å². The van der Waals surface area contributed by atoms with Crippen LogP contribution in [0.2, 0.25) is 5.02 Å². The Hall–Kier alpha value is -1.90. The van der Waals surface area contributed by atoms with E-state index < -0.39 is 5.24 Å². The fraction of sp³-hybridized carbons (Fsp3) is 0.0588. The molecule has 1 aromatic heterocycles. The Labute approximate surface area is 132 Å². The van der Waals surface area contributed by atoms with Crippen molar-refractivity contribution in [1.29, 1.82) is 0 Å². The molecule has 104 valence electrons. The number of pyridine rings is 1. The molecular formula is C17H11Cl2NO. The molecule has 2 aromatic carbocycles. The molecule has 0 bridgehead atoms. The van der Waals surface area contributed by atoms with E-state index in [1.165, 1.54) is 0 Å². The maximum atomic E-state index is 11.7. The van der Waals surface area contributed by atoms with Gasteiger partial charge in [-0.1, -0.05) is 35.4 Å². The van der Waals surface area contributed by atoms with Gasteiger partial charge in [-0.25, -0.2) is 4.98 Å². The van der Waals surface area contributed by atoms with Crippen LogP contribution in [0.1, 0.15) is 15.9 Å². The number of hydrogen-bond acceptors (Lipinski definition) is 2. The number of fused-ring (bicyclic) bond motifs is 1. The van der Waals surface area contributed by atoms with Gasteiger partial charge in [-0.3, -0.25) is 4.79 Å². The third kappa shape index (κ3) is 2.78. The second-order valence-electron chi connectivity index (χ2n) is 4.86. The van der Waals surface area contributed by atoms with Gasteiger partial charge in [0.05, 0.1) is 11.2 Å². The molecule has 0 amide bonds. The van der Waals surface area contributed by atoms with Crippen LogP contribution in [-0.4, -0.2) is 10.2 Å². The number of halogens is 2. The summed E-state index contributed by atoms with van der Waals surface area (Å²) in [5, 5.41) is 0.944. The van der Waals surface area contributed by atoms with E-state index in [2.05, 4.69) is 4.98 Å². The van der Waals surface area contributed by atoms with Crippen molar-refractivity contribution in [2.45, 2.75) is 6.92 Å². The molecule has 0 saturated heterocycles. The van der Waals surface area contributed by atoms with Crippen LogP contribution in [0, 0.1) is 6.92 Å². The van der Waals surface area contributed by atoms with Gasteiger partial charge in [0, 0.05) is 21.5 Å². The second-order valence-corrected chi connectivity index (χ2v) is 5.64. The van der Waals surface area contributed by atoms with Crippen LogP contribution in [0.4, 0.5) is 0 Å².